The topological polar surface area (TPSA) is 36.9 Å². The fourth-order valence-corrected chi connectivity index (χ4v) is 4.18. The first-order valence-electron chi connectivity index (χ1n) is 10.2. The van der Waals surface area contributed by atoms with E-state index in [0.717, 1.165) is 28.6 Å². The molecule has 0 fully saturated rings. The molecule has 4 aromatic carbocycles. The maximum absolute atomic E-state index is 6.19. The molecule has 0 saturated carbocycles. The van der Waals surface area contributed by atoms with Gasteiger partial charge in [-0.25, -0.2) is 0 Å². The number of hydrogen-bond donors (Lipinski definition) is 0. The van der Waals surface area contributed by atoms with Crippen LogP contribution in [0.4, 0.5) is 0 Å². The molecule has 30 heavy (non-hydrogen) atoms. The molecular weight excluding hydrogens is 374 g/mol. The number of para-hydroxylation sites is 4. The minimum atomic E-state index is -0.445. The molecule has 0 bridgehead atoms. The summed E-state index contributed by atoms with van der Waals surface area (Å²) in [6, 6.07) is 30.4. The summed E-state index contributed by atoms with van der Waals surface area (Å²) < 4.78 is 24.5. The molecule has 2 aliphatic rings. The van der Waals surface area contributed by atoms with Crippen molar-refractivity contribution in [3.63, 3.8) is 0 Å². The van der Waals surface area contributed by atoms with Crippen LogP contribution >= 0.6 is 0 Å². The summed E-state index contributed by atoms with van der Waals surface area (Å²) in [4.78, 5) is 0. The Morgan fingerprint density at radius 3 is 1.73 bits per heavy atom. The van der Waals surface area contributed by atoms with Crippen molar-refractivity contribution in [2.75, 3.05) is 0 Å². The maximum Gasteiger partial charge on any atom is 0.602 e. The van der Waals surface area contributed by atoms with Crippen LogP contribution in [0.5, 0.6) is 23.0 Å². The predicted octanol–water partition coefficient (Wildman–Crippen LogP) is 5.38. The summed E-state index contributed by atoms with van der Waals surface area (Å²) in [7, 11) is -0.839. The Hall–Kier alpha value is -3.53. The van der Waals surface area contributed by atoms with Crippen LogP contribution in [0.25, 0.3) is 10.8 Å². The zero-order valence-corrected chi connectivity index (χ0v) is 16.2. The summed E-state index contributed by atoms with van der Waals surface area (Å²) in [5, 5.41) is 2.39. The van der Waals surface area contributed by atoms with Crippen molar-refractivity contribution in [2.45, 2.75) is 12.1 Å². The Labute approximate surface area is 175 Å². The smallest absolute Gasteiger partial charge is 0.523 e. The van der Waals surface area contributed by atoms with E-state index in [1.807, 2.05) is 48.5 Å². The van der Waals surface area contributed by atoms with Crippen molar-refractivity contribution in [3.05, 3.63) is 96.6 Å². The molecule has 4 nitrogen and oxygen atoms in total. The normalized spacial score (nSPS) is 14.9. The highest BCUT2D eigenvalue weighted by Crippen LogP contribution is 2.41. The molecule has 6 rings (SSSR count). The van der Waals surface area contributed by atoms with Gasteiger partial charge in [0, 0.05) is 12.1 Å². The largest absolute Gasteiger partial charge is 0.602 e. The first kappa shape index (κ1) is 17.3. The van der Waals surface area contributed by atoms with Crippen molar-refractivity contribution in [2.24, 2.45) is 0 Å². The second kappa shape index (κ2) is 7.06. The van der Waals surface area contributed by atoms with E-state index in [1.54, 1.807) is 0 Å². The van der Waals surface area contributed by atoms with Crippen LogP contribution in [0.2, 0.25) is 6.32 Å². The molecular formula is C24H18B2O4. The van der Waals surface area contributed by atoms with Gasteiger partial charge in [0.25, 0.3) is 0 Å². The zero-order valence-electron chi connectivity index (χ0n) is 16.2. The monoisotopic (exact) mass is 392 g/mol. The van der Waals surface area contributed by atoms with Crippen molar-refractivity contribution in [1.82, 2.24) is 0 Å². The van der Waals surface area contributed by atoms with E-state index in [2.05, 4.69) is 42.5 Å². The van der Waals surface area contributed by atoms with Gasteiger partial charge in [0.2, 0.25) is 0 Å². The average molecular weight is 392 g/mol. The number of rotatable bonds is 4. The van der Waals surface area contributed by atoms with Gasteiger partial charge in [-0.05, 0) is 40.6 Å². The predicted molar refractivity (Wildman–Crippen MR) is 118 cm³/mol. The number of hydrogen-bond acceptors (Lipinski definition) is 4. The van der Waals surface area contributed by atoms with E-state index in [4.69, 9.17) is 18.6 Å². The minimum Gasteiger partial charge on any atom is -0.523 e. The van der Waals surface area contributed by atoms with Crippen molar-refractivity contribution < 1.29 is 18.6 Å². The number of fused-ring (bicyclic) bond motifs is 3. The molecule has 2 heterocycles. The molecule has 6 heteroatoms. The molecule has 0 spiro atoms. The van der Waals surface area contributed by atoms with Gasteiger partial charge in [0.15, 0.2) is 0 Å². The Morgan fingerprint density at radius 2 is 1.10 bits per heavy atom. The highest BCUT2D eigenvalue weighted by Gasteiger charge is 2.46. The van der Waals surface area contributed by atoms with Gasteiger partial charge < -0.3 is 18.6 Å². The first-order chi connectivity index (χ1) is 14.8. The second-order valence-corrected chi connectivity index (χ2v) is 7.61. The molecule has 0 aromatic heterocycles. The Kier molecular flexibility index (Phi) is 4.08. The third-order valence-corrected chi connectivity index (χ3v) is 5.68. The highest BCUT2D eigenvalue weighted by atomic mass is 16.6. The van der Waals surface area contributed by atoms with E-state index < -0.39 is 14.2 Å². The van der Waals surface area contributed by atoms with E-state index in [9.17, 15) is 0 Å². The average Bonchev–Trinajstić information content (AvgIpc) is 3.40. The molecule has 0 amide bonds. The third kappa shape index (κ3) is 3.05. The van der Waals surface area contributed by atoms with Crippen LogP contribution in [-0.2, 0) is 0 Å². The Balaban J connectivity index is 1.33. The van der Waals surface area contributed by atoms with Gasteiger partial charge in [0.1, 0.15) is 23.0 Å². The van der Waals surface area contributed by atoms with Crippen LogP contribution in [0.1, 0.15) is 11.4 Å². The number of benzene rings is 4. The highest BCUT2D eigenvalue weighted by molar-refractivity contribution is 6.55. The van der Waals surface area contributed by atoms with Gasteiger partial charge in [-0.2, -0.15) is 0 Å². The standard InChI is InChI=1S/C24H18B2O4/c1-2-8-18-15-19(14-13-17(18)7-1)20(26-29-23-11-5-6-12-24(23)30-26)16-25-27-21-9-3-4-10-22(21)28-25/h1-15,20H,16H2. The summed E-state index contributed by atoms with van der Waals surface area (Å²) in [5.41, 5.74) is 1.13. The molecule has 1 unspecified atom stereocenters. The first-order valence-corrected chi connectivity index (χ1v) is 10.2. The molecule has 0 aliphatic carbocycles. The third-order valence-electron chi connectivity index (χ3n) is 5.68. The van der Waals surface area contributed by atoms with Gasteiger partial charge >= 0.3 is 14.2 Å². The van der Waals surface area contributed by atoms with E-state index in [0.29, 0.717) is 6.32 Å². The van der Waals surface area contributed by atoms with Gasteiger partial charge in [0.05, 0.1) is 0 Å². The van der Waals surface area contributed by atoms with E-state index >= 15 is 0 Å². The lowest BCUT2D eigenvalue weighted by Crippen LogP contribution is -2.38. The molecule has 144 valence electrons. The molecule has 4 aromatic rings. The molecule has 0 saturated heterocycles. The van der Waals surface area contributed by atoms with Crippen molar-refractivity contribution >= 4 is 25.0 Å². The Bertz CT molecular complexity index is 1180. The van der Waals surface area contributed by atoms with Crippen LogP contribution in [0.3, 0.4) is 0 Å². The molecule has 0 N–H and O–H groups in total. The van der Waals surface area contributed by atoms with Crippen LogP contribution in [0.15, 0.2) is 91.0 Å². The zero-order chi connectivity index (χ0) is 19.9. The molecule has 0 radical (unpaired) electrons. The van der Waals surface area contributed by atoms with Gasteiger partial charge in [-0.1, -0.05) is 66.7 Å². The van der Waals surface area contributed by atoms with Crippen LogP contribution in [0, 0.1) is 0 Å². The summed E-state index contributed by atoms with van der Waals surface area (Å²) in [6.45, 7) is 0. The summed E-state index contributed by atoms with van der Waals surface area (Å²) in [5.74, 6) is 3.02. The van der Waals surface area contributed by atoms with E-state index in [1.165, 1.54) is 10.8 Å². The van der Waals surface area contributed by atoms with Crippen LogP contribution < -0.4 is 18.6 Å². The minimum absolute atomic E-state index is 0.0682. The maximum atomic E-state index is 6.19. The fourth-order valence-electron chi connectivity index (χ4n) is 4.18. The lowest BCUT2D eigenvalue weighted by molar-refractivity contribution is 0.459. The van der Waals surface area contributed by atoms with Crippen molar-refractivity contribution in [3.8, 4) is 23.0 Å². The van der Waals surface area contributed by atoms with E-state index in [-0.39, 0.29) is 5.82 Å². The van der Waals surface area contributed by atoms with Crippen molar-refractivity contribution in [1.29, 1.82) is 0 Å². The van der Waals surface area contributed by atoms with Gasteiger partial charge in [-0.3, -0.25) is 0 Å². The second-order valence-electron chi connectivity index (χ2n) is 7.61. The lowest BCUT2D eigenvalue weighted by atomic mass is 9.58. The lowest BCUT2D eigenvalue weighted by Gasteiger charge is -2.20. The fraction of sp³-hybridized carbons (Fsp3) is 0.0833. The molecule has 1 atom stereocenters. The SMILES string of the molecule is c1ccc2c(c1)OB(CC(B1Oc3ccccc3O1)c1ccc3ccccc3c1)O2. The Morgan fingerprint density at radius 1 is 0.567 bits per heavy atom. The molecule has 2 aliphatic heterocycles. The quantitative estimate of drug-likeness (QED) is 0.437. The van der Waals surface area contributed by atoms with Gasteiger partial charge in [-0.15, -0.1) is 0 Å². The van der Waals surface area contributed by atoms with Crippen LogP contribution in [-0.4, -0.2) is 14.2 Å². The summed E-state index contributed by atoms with van der Waals surface area (Å²) in [6.07, 6.45) is 0.603. The summed E-state index contributed by atoms with van der Waals surface area (Å²) >= 11 is 0.